The van der Waals surface area contributed by atoms with Crippen molar-refractivity contribution >= 4 is 0 Å². The van der Waals surface area contributed by atoms with Gasteiger partial charge in [-0.25, -0.2) is 17.6 Å². The third-order valence-electron chi connectivity index (χ3n) is 2.25. The summed E-state index contributed by atoms with van der Waals surface area (Å²) in [5, 5.41) is 0. The van der Waals surface area contributed by atoms with E-state index in [9.17, 15) is 17.6 Å². The SMILES string of the molecule is CC1(c2cc(F)c(F)c(F)c2F)CO1. The van der Waals surface area contributed by atoms with Crippen molar-refractivity contribution in [1.82, 2.24) is 0 Å². The zero-order valence-electron chi connectivity index (χ0n) is 7.20. The molecule has 1 atom stereocenters. The van der Waals surface area contributed by atoms with Gasteiger partial charge in [-0.3, -0.25) is 0 Å². The van der Waals surface area contributed by atoms with E-state index in [2.05, 4.69) is 0 Å². The maximum Gasteiger partial charge on any atom is 0.197 e. The third kappa shape index (κ3) is 1.19. The van der Waals surface area contributed by atoms with E-state index in [-0.39, 0.29) is 12.2 Å². The second-order valence-corrected chi connectivity index (χ2v) is 3.37. The van der Waals surface area contributed by atoms with Crippen molar-refractivity contribution in [2.75, 3.05) is 6.61 Å². The monoisotopic (exact) mass is 206 g/mol. The van der Waals surface area contributed by atoms with Gasteiger partial charge in [-0.15, -0.1) is 0 Å². The average molecular weight is 206 g/mol. The molecule has 1 heterocycles. The predicted octanol–water partition coefficient (Wildman–Crippen LogP) is 2.49. The molecule has 2 rings (SSSR count). The van der Waals surface area contributed by atoms with E-state index in [1.807, 2.05) is 0 Å². The van der Waals surface area contributed by atoms with Crippen molar-refractivity contribution in [2.24, 2.45) is 0 Å². The minimum absolute atomic E-state index is 0.175. The Morgan fingerprint density at radius 1 is 1.14 bits per heavy atom. The molecule has 1 nitrogen and oxygen atoms in total. The summed E-state index contributed by atoms with van der Waals surface area (Å²) in [6, 6.07) is 0.626. The molecular formula is C9H6F4O. The molecule has 0 N–H and O–H groups in total. The van der Waals surface area contributed by atoms with Crippen molar-refractivity contribution < 1.29 is 22.3 Å². The molecule has 0 radical (unpaired) electrons. The first-order valence-electron chi connectivity index (χ1n) is 3.93. The molecule has 0 aromatic heterocycles. The summed E-state index contributed by atoms with van der Waals surface area (Å²) in [6.07, 6.45) is 0. The van der Waals surface area contributed by atoms with Crippen LogP contribution in [0.5, 0.6) is 0 Å². The molecule has 1 unspecified atom stereocenters. The fourth-order valence-electron chi connectivity index (χ4n) is 1.22. The van der Waals surface area contributed by atoms with Crippen LogP contribution in [0.25, 0.3) is 0 Å². The summed E-state index contributed by atoms with van der Waals surface area (Å²) in [7, 11) is 0. The number of hydrogen-bond donors (Lipinski definition) is 0. The highest BCUT2D eigenvalue weighted by molar-refractivity contribution is 5.29. The lowest BCUT2D eigenvalue weighted by molar-refractivity contribution is 0.311. The summed E-state index contributed by atoms with van der Waals surface area (Å²) in [5.41, 5.74) is -1.30. The van der Waals surface area contributed by atoms with Gasteiger partial charge in [0.1, 0.15) is 5.60 Å². The van der Waals surface area contributed by atoms with E-state index in [0.717, 1.165) is 0 Å². The topological polar surface area (TPSA) is 12.5 Å². The van der Waals surface area contributed by atoms with Gasteiger partial charge in [0, 0.05) is 5.56 Å². The molecule has 0 aliphatic carbocycles. The highest BCUT2D eigenvalue weighted by Gasteiger charge is 2.45. The van der Waals surface area contributed by atoms with Gasteiger partial charge >= 0.3 is 0 Å². The molecule has 1 aromatic carbocycles. The molecule has 5 heteroatoms. The molecule has 0 saturated carbocycles. The number of halogens is 4. The van der Waals surface area contributed by atoms with Crippen molar-refractivity contribution in [1.29, 1.82) is 0 Å². The Labute approximate surface area is 77.3 Å². The lowest BCUT2D eigenvalue weighted by atomic mass is 10.0. The minimum Gasteiger partial charge on any atom is -0.365 e. The van der Waals surface area contributed by atoms with Gasteiger partial charge in [0.15, 0.2) is 23.3 Å². The summed E-state index contributed by atoms with van der Waals surface area (Å²) in [5.74, 6) is -6.38. The molecule has 14 heavy (non-hydrogen) atoms. The molecule has 1 aliphatic heterocycles. The van der Waals surface area contributed by atoms with Crippen LogP contribution in [0.3, 0.4) is 0 Å². The van der Waals surface area contributed by atoms with E-state index in [4.69, 9.17) is 4.74 Å². The lowest BCUT2D eigenvalue weighted by Crippen LogP contribution is -2.10. The van der Waals surface area contributed by atoms with Gasteiger partial charge in [-0.1, -0.05) is 0 Å². The highest BCUT2D eigenvalue weighted by Crippen LogP contribution is 2.40. The largest absolute Gasteiger partial charge is 0.365 e. The van der Waals surface area contributed by atoms with Gasteiger partial charge in [0.2, 0.25) is 0 Å². The van der Waals surface area contributed by atoms with Gasteiger partial charge in [0.05, 0.1) is 6.61 Å². The predicted molar refractivity (Wildman–Crippen MR) is 39.6 cm³/mol. The van der Waals surface area contributed by atoms with E-state index in [0.29, 0.717) is 6.07 Å². The van der Waals surface area contributed by atoms with Crippen molar-refractivity contribution in [3.63, 3.8) is 0 Å². The average Bonchev–Trinajstić information content (AvgIpc) is 2.87. The number of rotatable bonds is 1. The third-order valence-corrected chi connectivity index (χ3v) is 2.25. The fourth-order valence-corrected chi connectivity index (χ4v) is 1.22. The van der Waals surface area contributed by atoms with E-state index >= 15 is 0 Å². The van der Waals surface area contributed by atoms with Crippen LogP contribution in [-0.2, 0) is 10.3 Å². The van der Waals surface area contributed by atoms with Crippen molar-refractivity contribution in [3.05, 3.63) is 34.9 Å². The van der Waals surface area contributed by atoms with Crippen LogP contribution in [0.2, 0.25) is 0 Å². The van der Waals surface area contributed by atoms with Crippen LogP contribution in [-0.4, -0.2) is 6.61 Å². The maximum absolute atomic E-state index is 13.1. The minimum atomic E-state index is -1.80. The molecular weight excluding hydrogens is 200 g/mol. The van der Waals surface area contributed by atoms with Gasteiger partial charge in [-0.2, -0.15) is 0 Å². The van der Waals surface area contributed by atoms with Crippen LogP contribution in [0.15, 0.2) is 6.07 Å². The van der Waals surface area contributed by atoms with Crippen LogP contribution >= 0.6 is 0 Å². The molecule has 1 aromatic rings. The first kappa shape index (κ1) is 9.45. The Bertz CT molecular complexity index is 398. The summed E-state index contributed by atoms with van der Waals surface area (Å²) in [4.78, 5) is 0. The Hall–Kier alpha value is -1.10. The smallest absolute Gasteiger partial charge is 0.197 e. The molecule has 1 saturated heterocycles. The molecule has 1 fully saturated rings. The van der Waals surface area contributed by atoms with Gasteiger partial charge in [-0.05, 0) is 13.0 Å². The standard InChI is InChI=1S/C9H6F4O/c1-9(3-14-9)4-2-5(10)7(12)8(13)6(4)11/h2H,3H2,1H3. The van der Waals surface area contributed by atoms with E-state index in [1.54, 1.807) is 0 Å². The first-order chi connectivity index (χ1) is 6.46. The molecule has 0 spiro atoms. The summed E-state index contributed by atoms with van der Waals surface area (Å²) >= 11 is 0. The quantitative estimate of drug-likeness (QED) is 0.297. The second kappa shape index (κ2) is 2.70. The Balaban J connectivity index is 2.62. The van der Waals surface area contributed by atoms with Crippen molar-refractivity contribution in [2.45, 2.75) is 12.5 Å². The highest BCUT2D eigenvalue weighted by atomic mass is 19.2. The number of hydrogen-bond acceptors (Lipinski definition) is 1. The van der Waals surface area contributed by atoms with Crippen LogP contribution < -0.4 is 0 Å². The summed E-state index contributed by atoms with van der Waals surface area (Å²) < 4.78 is 56.0. The normalized spacial score (nSPS) is 25.2. The Morgan fingerprint density at radius 2 is 1.71 bits per heavy atom. The Morgan fingerprint density at radius 3 is 2.21 bits per heavy atom. The maximum atomic E-state index is 13.1. The number of epoxide rings is 1. The Kier molecular flexibility index (Phi) is 1.82. The van der Waals surface area contributed by atoms with Crippen LogP contribution in [0.4, 0.5) is 17.6 Å². The second-order valence-electron chi connectivity index (χ2n) is 3.37. The lowest BCUT2D eigenvalue weighted by Gasteiger charge is -2.08. The zero-order valence-corrected chi connectivity index (χ0v) is 7.20. The van der Waals surface area contributed by atoms with Gasteiger partial charge in [0.25, 0.3) is 0 Å². The number of ether oxygens (including phenoxy) is 1. The molecule has 0 bridgehead atoms. The fraction of sp³-hybridized carbons (Fsp3) is 0.333. The summed E-state index contributed by atoms with van der Waals surface area (Å²) in [6.45, 7) is 1.65. The van der Waals surface area contributed by atoms with Crippen LogP contribution in [0, 0.1) is 23.3 Å². The van der Waals surface area contributed by atoms with E-state index in [1.165, 1.54) is 6.92 Å². The van der Waals surface area contributed by atoms with Crippen LogP contribution in [0.1, 0.15) is 12.5 Å². The first-order valence-corrected chi connectivity index (χ1v) is 3.93. The zero-order chi connectivity index (χ0) is 10.5. The molecule has 1 aliphatic rings. The van der Waals surface area contributed by atoms with Crippen molar-refractivity contribution in [3.8, 4) is 0 Å². The van der Waals surface area contributed by atoms with Gasteiger partial charge < -0.3 is 4.74 Å². The molecule has 0 amide bonds. The molecule has 76 valence electrons. The number of benzene rings is 1. The van der Waals surface area contributed by atoms with E-state index < -0.39 is 28.9 Å².